The van der Waals surface area contributed by atoms with Gasteiger partial charge in [-0.25, -0.2) is 0 Å². The highest BCUT2D eigenvalue weighted by Crippen LogP contribution is 2.27. The van der Waals surface area contributed by atoms with Crippen LogP contribution in [-0.2, 0) is 14.3 Å². The van der Waals surface area contributed by atoms with Gasteiger partial charge in [0.1, 0.15) is 6.61 Å². The fraction of sp³-hybridized carbons (Fsp3) is 0.818. The van der Waals surface area contributed by atoms with E-state index in [2.05, 4.69) is 0 Å². The fourth-order valence-corrected chi connectivity index (χ4v) is 1.64. The number of hydrogen-bond donors (Lipinski definition) is 1. The molecule has 0 bridgehead atoms. The van der Waals surface area contributed by atoms with Crippen molar-refractivity contribution < 1.29 is 19.4 Å². The molecule has 0 aliphatic carbocycles. The minimum absolute atomic E-state index is 0.162. The lowest BCUT2D eigenvalue weighted by molar-refractivity contribution is -0.157. The van der Waals surface area contributed by atoms with Gasteiger partial charge in [-0.3, -0.25) is 9.59 Å². The van der Waals surface area contributed by atoms with E-state index in [-0.39, 0.29) is 5.92 Å². The summed E-state index contributed by atoms with van der Waals surface area (Å²) in [5.74, 6) is -3.11. The fourth-order valence-electron chi connectivity index (χ4n) is 1.48. The van der Waals surface area contributed by atoms with Crippen molar-refractivity contribution in [3.63, 3.8) is 0 Å². The Morgan fingerprint density at radius 3 is 2.06 bits per heavy atom. The van der Waals surface area contributed by atoms with Crippen LogP contribution in [0.3, 0.4) is 0 Å². The number of alkyl halides is 3. The molecule has 0 aromatic carbocycles. The minimum atomic E-state index is -1.69. The molecule has 0 unspecified atom stereocenters. The first-order chi connectivity index (χ1) is 8.04. The summed E-state index contributed by atoms with van der Waals surface area (Å²) in [6, 6.07) is 0. The maximum absolute atomic E-state index is 11.7. The SMILES string of the molecule is CC(C)C[C@@H](C(=O)O)[C@H](C)C(=O)OCC(Cl)(Cl)Cl. The molecule has 0 aromatic rings. The average Bonchev–Trinajstić information content (AvgIpc) is 2.19. The van der Waals surface area contributed by atoms with Crippen LogP contribution in [0.1, 0.15) is 27.2 Å². The summed E-state index contributed by atoms with van der Waals surface area (Å²) in [6.07, 6.45) is 0.388. The Balaban J connectivity index is 4.52. The van der Waals surface area contributed by atoms with Gasteiger partial charge in [0.25, 0.3) is 0 Å². The van der Waals surface area contributed by atoms with E-state index in [1.165, 1.54) is 6.92 Å². The molecule has 0 amide bonds. The van der Waals surface area contributed by atoms with Crippen molar-refractivity contribution in [3.05, 3.63) is 0 Å². The summed E-state index contributed by atoms with van der Waals surface area (Å²) in [4.78, 5) is 22.8. The predicted octanol–water partition coefficient (Wildman–Crippen LogP) is 3.28. The highest BCUT2D eigenvalue weighted by Gasteiger charge is 2.33. The first-order valence-corrected chi connectivity index (χ1v) is 6.64. The van der Waals surface area contributed by atoms with Crippen LogP contribution in [0.25, 0.3) is 0 Å². The third-order valence-electron chi connectivity index (χ3n) is 2.40. The number of hydrogen-bond acceptors (Lipinski definition) is 3. The Morgan fingerprint density at radius 1 is 1.22 bits per heavy atom. The third-order valence-corrected chi connectivity index (χ3v) is 2.72. The second-order valence-corrected chi connectivity index (χ2v) is 7.10. The van der Waals surface area contributed by atoms with Crippen molar-refractivity contribution in [2.45, 2.75) is 31.0 Å². The van der Waals surface area contributed by atoms with Crippen molar-refractivity contribution in [1.82, 2.24) is 0 Å². The van der Waals surface area contributed by atoms with Crippen LogP contribution in [0.5, 0.6) is 0 Å². The summed E-state index contributed by atoms with van der Waals surface area (Å²) in [5.41, 5.74) is 0. The molecule has 0 saturated heterocycles. The number of esters is 1. The van der Waals surface area contributed by atoms with E-state index in [9.17, 15) is 9.59 Å². The molecule has 106 valence electrons. The zero-order valence-electron chi connectivity index (χ0n) is 10.5. The Labute approximate surface area is 122 Å². The molecule has 0 spiro atoms. The van der Waals surface area contributed by atoms with Crippen molar-refractivity contribution >= 4 is 46.7 Å². The zero-order valence-corrected chi connectivity index (χ0v) is 12.7. The van der Waals surface area contributed by atoms with Gasteiger partial charge in [-0.2, -0.15) is 0 Å². The monoisotopic (exact) mass is 318 g/mol. The van der Waals surface area contributed by atoms with Crippen LogP contribution in [0, 0.1) is 17.8 Å². The van der Waals surface area contributed by atoms with Gasteiger partial charge in [-0.1, -0.05) is 55.6 Å². The highest BCUT2D eigenvalue weighted by atomic mass is 35.6. The van der Waals surface area contributed by atoms with E-state index in [1.807, 2.05) is 13.8 Å². The van der Waals surface area contributed by atoms with Crippen molar-refractivity contribution in [1.29, 1.82) is 0 Å². The number of carbonyl (C=O) groups excluding carboxylic acids is 1. The van der Waals surface area contributed by atoms with E-state index in [0.717, 1.165) is 0 Å². The van der Waals surface area contributed by atoms with E-state index < -0.39 is 34.2 Å². The van der Waals surface area contributed by atoms with Gasteiger partial charge in [-0.05, 0) is 12.3 Å². The maximum atomic E-state index is 11.7. The van der Waals surface area contributed by atoms with Crippen molar-refractivity contribution in [3.8, 4) is 0 Å². The molecule has 0 aliphatic rings. The molecule has 0 saturated carbocycles. The lowest BCUT2D eigenvalue weighted by Crippen LogP contribution is -2.31. The number of carboxylic acids is 1. The third kappa shape index (κ3) is 7.29. The van der Waals surface area contributed by atoms with E-state index >= 15 is 0 Å². The van der Waals surface area contributed by atoms with Gasteiger partial charge in [-0.15, -0.1) is 0 Å². The molecule has 0 heterocycles. The number of carbonyl (C=O) groups is 2. The van der Waals surface area contributed by atoms with Crippen LogP contribution < -0.4 is 0 Å². The summed E-state index contributed by atoms with van der Waals surface area (Å²) < 4.78 is 3.09. The number of rotatable bonds is 6. The smallest absolute Gasteiger partial charge is 0.309 e. The normalized spacial score (nSPS) is 15.3. The molecule has 2 atom stereocenters. The zero-order chi connectivity index (χ0) is 14.5. The standard InChI is InChI=1S/C11H17Cl3O4/c1-6(2)4-8(9(15)16)7(3)10(17)18-5-11(12,13)14/h6-8H,4-5H2,1-3H3,(H,15,16)/t7-,8+/m0/s1. The maximum Gasteiger partial charge on any atom is 0.309 e. The molecule has 0 aliphatic heterocycles. The molecule has 0 aromatic heterocycles. The average molecular weight is 320 g/mol. The van der Waals surface area contributed by atoms with Gasteiger partial charge in [0, 0.05) is 0 Å². The van der Waals surface area contributed by atoms with Crippen LogP contribution in [0.2, 0.25) is 0 Å². The lowest BCUT2D eigenvalue weighted by Gasteiger charge is -2.21. The second-order valence-electron chi connectivity index (χ2n) is 4.59. The van der Waals surface area contributed by atoms with Gasteiger partial charge in [0.15, 0.2) is 0 Å². The molecule has 4 nitrogen and oxygen atoms in total. The number of aliphatic carboxylic acids is 1. The van der Waals surface area contributed by atoms with Crippen LogP contribution in [0.4, 0.5) is 0 Å². The summed E-state index contributed by atoms with van der Waals surface area (Å²) in [6.45, 7) is 4.88. The van der Waals surface area contributed by atoms with Gasteiger partial charge in [0.2, 0.25) is 3.79 Å². The minimum Gasteiger partial charge on any atom is -0.481 e. The second kappa shape index (κ2) is 7.41. The quantitative estimate of drug-likeness (QED) is 0.603. The molecule has 0 radical (unpaired) electrons. The van der Waals surface area contributed by atoms with Crippen molar-refractivity contribution in [2.24, 2.45) is 17.8 Å². The summed E-state index contributed by atoms with van der Waals surface area (Å²) in [5, 5.41) is 9.08. The summed E-state index contributed by atoms with van der Waals surface area (Å²) in [7, 11) is 0. The topological polar surface area (TPSA) is 63.6 Å². The predicted molar refractivity (Wildman–Crippen MR) is 71.0 cm³/mol. The van der Waals surface area contributed by atoms with E-state index in [4.69, 9.17) is 44.6 Å². The molecule has 0 fully saturated rings. The molecule has 7 heteroatoms. The highest BCUT2D eigenvalue weighted by molar-refractivity contribution is 6.67. The number of carboxylic acid groups (broad SMARTS) is 1. The lowest BCUT2D eigenvalue weighted by atomic mass is 9.86. The van der Waals surface area contributed by atoms with E-state index in [0.29, 0.717) is 6.42 Å². The molecule has 1 N–H and O–H groups in total. The summed E-state index contributed by atoms with van der Waals surface area (Å²) >= 11 is 16.3. The largest absolute Gasteiger partial charge is 0.481 e. The van der Waals surface area contributed by atoms with E-state index in [1.54, 1.807) is 0 Å². The Kier molecular flexibility index (Phi) is 7.33. The van der Waals surface area contributed by atoms with Gasteiger partial charge in [0.05, 0.1) is 11.8 Å². The Hall–Kier alpha value is -0.190. The first-order valence-electron chi connectivity index (χ1n) is 5.50. The first kappa shape index (κ1) is 17.8. The van der Waals surface area contributed by atoms with Crippen molar-refractivity contribution in [2.75, 3.05) is 6.61 Å². The molecule has 0 rings (SSSR count). The molecule has 18 heavy (non-hydrogen) atoms. The Morgan fingerprint density at radius 2 is 1.72 bits per heavy atom. The number of halogens is 3. The Bertz CT molecular complexity index is 299. The molecular weight excluding hydrogens is 302 g/mol. The van der Waals surface area contributed by atoms with Crippen LogP contribution >= 0.6 is 34.8 Å². The van der Waals surface area contributed by atoms with Gasteiger partial charge >= 0.3 is 11.9 Å². The van der Waals surface area contributed by atoms with Crippen LogP contribution in [0.15, 0.2) is 0 Å². The van der Waals surface area contributed by atoms with Crippen LogP contribution in [-0.4, -0.2) is 27.4 Å². The number of ether oxygens (including phenoxy) is 1. The molecular formula is C11H17Cl3O4. The van der Waals surface area contributed by atoms with Gasteiger partial charge < -0.3 is 9.84 Å².